The summed E-state index contributed by atoms with van der Waals surface area (Å²) in [6.45, 7) is 5.29. The number of hydrogen-bond donors (Lipinski definition) is 1. The number of piperazine rings is 1. The molecule has 2 rings (SSSR count). The normalized spacial score (nSPS) is 16.2. The summed E-state index contributed by atoms with van der Waals surface area (Å²) in [6.07, 6.45) is 0. The first-order chi connectivity index (χ1) is 7.70. The topological polar surface area (TPSA) is 32.3 Å². The Balaban J connectivity index is 2.38. The Morgan fingerprint density at radius 1 is 1.38 bits per heavy atom. The fourth-order valence-electron chi connectivity index (χ4n) is 2.03. The maximum absolute atomic E-state index is 11.6. The van der Waals surface area contributed by atoms with Gasteiger partial charge in [-0.2, -0.15) is 0 Å². The van der Waals surface area contributed by atoms with Gasteiger partial charge >= 0.3 is 0 Å². The summed E-state index contributed by atoms with van der Waals surface area (Å²) in [6, 6.07) is 5.63. The van der Waals surface area contributed by atoms with Gasteiger partial charge in [0.1, 0.15) is 0 Å². The van der Waals surface area contributed by atoms with E-state index in [1.54, 1.807) is 13.0 Å². The van der Waals surface area contributed by atoms with E-state index in [9.17, 15) is 4.79 Å². The van der Waals surface area contributed by atoms with Crippen molar-refractivity contribution in [2.45, 2.75) is 6.92 Å². The van der Waals surface area contributed by atoms with Gasteiger partial charge in [0.05, 0.1) is 10.6 Å². The van der Waals surface area contributed by atoms with Crippen molar-refractivity contribution < 1.29 is 4.79 Å². The van der Waals surface area contributed by atoms with Gasteiger partial charge in [-0.25, -0.2) is 0 Å². The lowest BCUT2D eigenvalue weighted by Gasteiger charge is -2.31. The van der Waals surface area contributed by atoms with E-state index in [1.807, 2.05) is 12.1 Å². The standard InChI is InChI=1S/C12H15ClN2O/c1-9(16)12-10(13)3-2-4-11(12)15-7-5-14-6-8-15/h2-4,14H,5-8H2,1H3. The lowest BCUT2D eigenvalue weighted by molar-refractivity contribution is 0.101. The highest BCUT2D eigenvalue weighted by Crippen LogP contribution is 2.28. The maximum Gasteiger partial charge on any atom is 0.163 e. The molecule has 0 atom stereocenters. The van der Waals surface area contributed by atoms with E-state index in [0.717, 1.165) is 31.9 Å². The fourth-order valence-corrected chi connectivity index (χ4v) is 2.33. The van der Waals surface area contributed by atoms with E-state index in [-0.39, 0.29) is 5.78 Å². The van der Waals surface area contributed by atoms with Crippen LogP contribution in [-0.4, -0.2) is 32.0 Å². The third-order valence-corrected chi connectivity index (χ3v) is 3.12. The largest absolute Gasteiger partial charge is 0.368 e. The van der Waals surface area contributed by atoms with Crippen molar-refractivity contribution in [1.29, 1.82) is 0 Å². The molecule has 1 N–H and O–H groups in total. The summed E-state index contributed by atoms with van der Waals surface area (Å²) in [5, 5.41) is 3.83. The van der Waals surface area contributed by atoms with Gasteiger partial charge < -0.3 is 10.2 Å². The molecule has 0 saturated carbocycles. The monoisotopic (exact) mass is 238 g/mol. The first-order valence-electron chi connectivity index (χ1n) is 5.45. The quantitative estimate of drug-likeness (QED) is 0.800. The van der Waals surface area contributed by atoms with E-state index in [1.165, 1.54) is 0 Å². The van der Waals surface area contributed by atoms with E-state index >= 15 is 0 Å². The zero-order valence-corrected chi connectivity index (χ0v) is 10.0. The van der Waals surface area contributed by atoms with Crippen LogP contribution < -0.4 is 10.2 Å². The second-order valence-corrected chi connectivity index (χ2v) is 4.33. The molecule has 1 fully saturated rings. The first-order valence-corrected chi connectivity index (χ1v) is 5.83. The Kier molecular flexibility index (Phi) is 3.46. The van der Waals surface area contributed by atoms with Crippen molar-refractivity contribution in [3.63, 3.8) is 0 Å². The summed E-state index contributed by atoms with van der Waals surface area (Å²) < 4.78 is 0. The van der Waals surface area contributed by atoms with Crippen LogP contribution >= 0.6 is 11.6 Å². The smallest absolute Gasteiger partial charge is 0.163 e. The molecule has 0 spiro atoms. The highest BCUT2D eigenvalue weighted by atomic mass is 35.5. The molecule has 0 amide bonds. The Hall–Kier alpha value is -1.06. The molecule has 1 saturated heterocycles. The van der Waals surface area contributed by atoms with Crippen LogP contribution in [0.1, 0.15) is 17.3 Å². The molecule has 16 heavy (non-hydrogen) atoms. The van der Waals surface area contributed by atoms with Gasteiger partial charge in [0.2, 0.25) is 0 Å². The molecular formula is C12H15ClN2O. The number of halogens is 1. The Bertz CT molecular complexity index is 400. The predicted molar refractivity (Wildman–Crippen MR) is 66.5 cm³/mol. The van der Waals surface area contributed by atoms with Crippen LogP contribution in [0.3, 0.4) is 0 Å². The second-order valence-electron chi connectivity index (χ2n) is 3.93. The number of Topliss-reactive ketones (excluding diaryl/α,β-unsaturated/α-hetero) is 1. The van der Waals surface area contributed by atoms with Gasteiger partial charge in [0.15, 0.2) is 5.78 Å². The van der Waals surface area contributed by atoms with Gasteiger partial charge in [0.25, 0.3) is 0 Å². The average molecular weight is 239 g/mol. The van der Waals surface area contributed by atoms with Gasteiger partial charge in [-0.3, -0.25) is 4.79 Å². The molecule has 1 aromatic carbocycles. The number of nitrogens with one attached hydrogen (secondary N) is 1. The molecule has 0 aromatic heterocycles. The highest BCUT2D eigenvalue weighted by Gasteiger charge is 2.18. The van der Waals surface area contributed by atoms with Crippen LogP contribution in [0.5, 0.6) is 0 Å². The average Bonchev–Trinajstić information content (AvgIpc) is 2.29. The SMILES string of the molecule is CC(=O)c1c(Cl)cccc1N1CCNCC1. The van der Waals surface area contributed by atoms with Crippen LogP contribution in [0.25, 0.3) is 0 Å². The molecule has 86 valence electrons. The first kappa shape index (κ1) is 11.4. The molecular weight excluding hydrogens is 224 g/mol. The molecule has 0 radical (unpaired) electrons. The van der Waals surface area contributed by atoms with Crippen LogP contribution in [0, 0.1) is 0 Å². The van der Waals surface area contributed by atoms with Crippen LogP contribution in [0.15, 0.2) is 18.2 Å². The summed E-state index contributed by atoms with van der Waals surface area (Å²) >= 11 is 6.08. The third-order valence-electron chi connectivity index (χ3n) is 2.80. The Morgan fingerprint density at radius 3 is 2.69 bits per heavy atom. The summed E-state index contributed by atoms with van der Waals surface area (Å²) in [4.78, 5) is 13.8. The van der Waals surface area contributed by atoms with Gasteiger partial charge in [-0.15, -0.1) is 0 Å². The Labute approximate surface area is 100 Å². The molecule has 4 heteroatoms. The van der Waals surface area contributed by atoms with Crippen LogP contribution in [0.2, 0.25) is 5.02 Å². The molecule has 0 bridgehead atoms. The number of hydrogen-bond acceptors (Lipinski definition) is 3. The zero-order valence-electron chi connectivity index (χ0n) is 9.29. The summed E-state index contributed by atoms with van der Waals surface area (Å²) in [5.41, 5.74) is 1.60. The lowest BCUT2D eigenvalue weighted by Crippen LogP contribution is -2.44. The maximum atomic E-state index is 11.6. The number of nitrogens with zero attached hydrogens (tertiary/aromatic N) is 1. The zero-order chi connectivity index (χ0) is 11.5. The van der Waals surface area contributed by atoms with Crippen LogP contribution in [0.4, 0.5) is 5.69 Å². The van der Waals surface area contributed by atoms with Gasteiger partial charge in [-0.1, -0.05) is 17.7 Å². The second kappa shape index (κ2) is 4.85. The highest BCUT2D eigenvalue weighted by molar-refractivity contribution is 6.34. The Morgan fingerprint density at radius 2 is 2.06 bits per heavy atom. The molecule has 1 aromatic rings. The minimum atomic E-state index is 0.0270. The molecule has 0 unspecified atom stereocenters. The van der Waals surface area contributed by atoms with Crippen molar-refractivity contribution in [1.82, 2.24) is 5.32 Å². The molecule has 1 aliphatic rings. The van der Waals surface area contributed by atoms with Gasteiger partial charge in [-0.05, 0) is 19.1 Å². The van der Waals surface area contributed by atoms with Crippen molar-refractivity contribution in [2.24, 2.45) is 0 Å². The number of ketones is 1. The number of carbonyl (C=O) groups is 1. The van der Waals surface area contributed by atoms with E-state index in [4.69, 9.17) is 11.6 Å². The minimum Gasteiger partial charge on any atom is -0.368 e. The van der Waals surface area contributed by atoms with Gasteiger partial charge in [0, 0.05) is 31.9 Å². The molecule has 1 aliphatic heterocycles. The minimum absolute atomic E-state index is 0.0270. The summed E-state index contributed by atoms with van der Waals surface area (Å²) in [5.74, 6) is 0.0270. The summed E-state index contributed by atoms with van der Waals surface area (Å²) in [7, 11) is 0. The fraction of sp³-hybridized carbons (Fsp3) is 0.417. The van der Waals surface area contributed by atoms with Crippen molar-refractivity contribution in [2.75, 3.05) is 31.1 Å². The molecule has 0 aliphatic carbocycles. The molecule has 1 heterocycles. The lowest BCUT2D eigenvalue weighted by atomic mass is 10.1. The van der Waals surface area contributed by atoms with Crippen LogP contribution in [-0.2, 0) is 0 Å². The number of rotatable bonds is 2. The van der Waals surface area contributed by atoms with E-state index in [2.05, 4.69) is 10.2 Å². The van der Waals surface area contributed by atoms with E-state index in [0.29, 0.717) is 10.6 Å². The predicted octanol–water partition coefficient (Wildman–Crippen LogP) is 1.95. The van der Waals surface area contributed by atoms with E-state index < -0.39 is 0 Å². The van der Waals surface area contributed by atoms with Crippen molar-refractivity contribution in [3.8, 4) is 0 Å². The van der Waals surface area contributed by atoms with Crippen molar-refractivity contribution >= 4 is 23.1 Å². The van der Waals surface area contributed by atoms with Crippen molar-refractivity contribution in [3.05, 3.63) is 28.8 Å². The third kappa shape index (κ3) is 2.20. The number of carbonyl (C=O) groups excluding carboxylic acids is 1. The number of benzene rings is 1. The molecule has 3 nitrogen and oxygen atoms in total. The number of anilines is 1.